The van der Waals surface area contributed by atoms with Crippen LogP contribution in [0.5, 0.6) is 0 Å². The molecule has 0 aliphatic rings. The third-order valence-electron chi connectivity index (χ3n) is 4.60. The van der Waals surface area contributed by atoms with Crippen LogP contribution in [0, 0.1) is 11.6 Å². The Morgan fingerprint density at radius 2 is 1.31 bits per heavy atom. The Morgan fingerprint density at radius 3 is 1.74 bits per heavy atom. The summed E-state index contributed by atoms with van der Waals surface area (Å²) in [5.74, 6) is -7.53. The van der Waals surface area contributed by atoms with E-state index in [1.807, 2.05) is 5.32 Å². The van der Waals surface area contributed by atoms with Crippen LogP contribution in [-0.4, -0.2) is 60.0 Å². The van der Waals surface area contributed by atoms with Crippen LogP contribution in [0.15, 0.2) is 31.6 Å². The summed E-state index contributed by atoms with van der Waals surface area (Å²) in [4.78, 5) is 96.1. The molecule has 17 heteroatoms. The number of nitrogens with one attached hydrogen (secondary N) is 3. The molecule has 6 N–H and O–H groups in total. The summed E-state index contributed by atoms with van der Waals surface area (Å²) in [6, 6.07) is -3.14. The zero-order chi connectivity index (χ0) is 26.4. The summed E-state index contributed by atoms with van der Waals surface area (Å²) in [5, 5.41) is 11.3. The van der Waals surface area contributed by atoms with Gasteiger partial charge >= 0.3 is 17.3 Å². The lowest BCUT2D eigenvalue weighted by Crippen LogP contribution is -2.49. The molecule has 1 amide bonds. The number of aromatic amines is 2. The molecule has 0 spiro atoms. The van der Waals surface area contributed by atoms with Crippen LogP contribution < -0.4 is 33.5 Å². The maximum Gasteiger partial charge on any atom is 0.335 e. The van der Waals surface area contributed by atoms with E-state index in [0.29, 0.717) is 12.4 Å². The van der Waals surface area contributed by atoms with Gasteiger partial charge in [0.1, 0.15) is 6.04 Å². The summed E-state index contributed by atoms with van der Waals surface area (Å²) in [5.41, 5.74) is 0.482. The predicted octanol–water partition coefficient (Wildman–Crippen LogP) is -2.90. The molecule has 0 radical (unpaired) electrons. The van der Waals surface area contributed by atoms with Gasteiger partial charge in [-0.15, -0.1) is 0 Å². The quantitative estimate of drug-likeness (QED) is 0.235. The smallest absolute Gasteiger partial charge is 0.335 e. The number of carbonyl (C=O) groups is 4. The van der Waals surface area contributed by atoms with Crippen molar-refractivity contribution in [1.29, 1.82) is 0 Å². The van der Waals surface area contributed by atoms with Gasteiger partial charge in [0.25, 0.3) is 11.1 Å². The molecule has 2 aromatic rings. The SMILES string of the molecule is NC(CCC(=O)n1cc(F)c(=O)[nH]c1=O)C(=O)NC(CCC(=O)n1cc(F)c(=O)[nH]c1=O)C(=O)O. The summed E-state index contributed by atoms with van der Waals surface area (Å²) >= 11 is 0. The van der Waals surface area contributed by atoms with Crippen LogP contribution >= 0.6 is 0 Å². The fourth-order valence-corrected chi connectivity index (χ4v) is 2.72. The zero-order valence-electron chi connectivity index (χ0n) is 17.6. The molecule has 0 saturated carbocycles. The summed E-state index contributed by atoms with van der Waals surface area (Å²) in [7, 11) is 0. The third-order valence-corrected chi connectivity index (χ3v) is 4.60. The first kappa shape index (κ1) is 26.7. The second-order valence-electron chi connectivity index (χ2n) is 7.08. The standard InChI is InChI=1S/C18H18F2N6O9/c19-7-5-25(17(34)23-13(7)29)11(27)3-1-9(21)15(31)22-10(16(32)33)2-4-12(28)26-6-8(20)14(30)24-18(26)35/h5-6,9-10H,1-4,21H2,(H,22,31)(H,32,33)(H,23,29,34)(H,24,30,35). The molecule has 0 aliphatic carbocycles. The lowest BCUT2D eigenvalue weighted by Gasteiger charge is -2.17. The van der Waals surface area contributed by atoms with Gasteiger partial charge in [0.2, 0.25) is 29.4 Å². The molecule has 0 bridgehead atoms. The number of amides is 1. The third kappa shape index (κ3) is 6.73. The van der Waals surface area contributed by atoms with E-state index in [-0.39, 0.29) is 9.13 Å². The van der Waals surface area contributed by atoms with E-state index in [4.69, 9.17) is 5.73 Å². The molecule has 2 rings (SSSR count). The highest BCUT2D eigenvalue weighted by atomic mass is 19.1. The number of nitrogens with zero attached hydrogens (tertiary/aromatic N) is 2. The van der Waals surface area contributed by atoms with Gasteiger partial charge in [0.05, 0.1) is 18.4 Å². The van der Waals surface area contributed by atoms with Gasteiger partial charge in [-0.05, 0) is 12.8 Å². The number of carbonyl (C=O) groups excluding carboxylic acids is 3. The molecular weight excluding hydrogens is 482 g/mol. The number of halogens is 2. The Hall–Kier alpha value is -4.54. The second-order valence-corrected chi connectivity index (χ2v) is 7.08. The lowest BCUT2D eigenvalue weighted by molar-refractivity contribution is -0.142. The van der Waals surface area contributed by atoms with Crippen LogP contribution in [0.4, 0.5) is 8.78 Å². The summed E-state index contributed by atoms with van der Waals surface area (Å²) in [6.45, 7) is 0. The van der Waals surface area contributed by atoms with Crippen LogP contribution in [0.2, 0.25) is 0 Å². The van der Waals surface area contributed by atoms with Gasteiger partial charge in [0.15, 0.2) is 0 Å². The first-order valence-corrected chi connectivity index (χ1v) is 9.70. The lowest BCUT2D eigenvalue weighted by atomic mass is 10.1. The number of nitrogens with two attached hydrogens (primary N) is 1. The van der Waals surface area contributed by atoms with Crippen molar-refractivity contribution in [3.63, 3.8) is 0 Å². The van der Waals surface area contributed by atoms with Crippen LogP contribution in [-0.2, 0) is 9.59 Å². The van der Waals surface area contributed by atoms with Crippen molar-refractivity contribution in [3.05, 3.63) is 65.7 Å². The number of hydrogen-bond acceptors (Lipinski definition) is 9. The number of aliphatic carboxylic acids is 1. The van der Waals surface area contributed by atoms with E-state index in [0.717, 1.165) is 0 Å². The van der Waals surface area contributed by atoms with E-state index < -0.39 is 95.6 Å². The Balaban J connectivity index is 1.98. The van der Waals surface area contributed by atoms with Crippen molar-refractivity contribution in [1.82, 2.24) is 24.4 Å². The molecule has 188 valence electrons. The molecule has 0 saturated heterocycles. The number of aromatic nitrogens is 4. The highest BCUT2D eigenvalue weighted by Crippen LogP contribution is 2.04. The minimum atomic E-state index is -1.67. The molecule has 15 nitrogen and oxygen atoms in total. The van der Waals surface area contributed by atoms with Gasteiger partial charge < -0.3 is 16.2 Å². The van der Waals surface area contributed by atoms with Gasteiger partial charge in [0, 0.05) is 12.8 Å². The topological polar surface area (TPSA) is 236 Å². The summed E-state index contributed by atoms with van der Waals surface area (Å²) in [6.07, 6.45) is -1.47. The zero-order valence-corrected chi connectivity index (χ0v) is 17.6. The van der Waals surface area contributed by atoms with Crippen molar-refractivity contribution in [2.75, 3.05) is 0 Å². The molecule has 0 fully saturated rings. The second kappa shape index (κ2) is 11.1. The molecule has 2 aromatic heterocycles. The molecule has 2 atom stereocenters. The fraction of sp³-hybridized carbons (Fsp3) is 0.333. The number of carboxylic acid groups (broad SMARTS) is 1. The van der Waals surface area contributed by atoms with Crippen molar-refractivity contribution in [3.8, 4) is 0 Å². The first-order valence-electron chi connectivity index (χ1n) is 9.70. The van der Waals surface area contributed by atoms with Gasteiger partial charge in [-0.3, -0.25) is 33.9 Å². The van der Waals surface area contributed by atoms with E-state index in [1.54, 1.807) is 9.97 Å². The maximum atomic E-state index is 13.3. The summed E-state index contributed by atoms with van der Waals surface area (Å²) < 4.78 is 27.1. The van der Waals surface area contributed by atoms with E-state index in [1.165, 1.54) is 0 Å². The van der Waals surface area contributed by atoms with E-state index in [9.17, 15) is 52.2 Å². The van der Waals surface area contributed by atoms with E-state index >= 15 is 0 Å². The number of carboxylic acids is 1. The fourth-order valence-electron chi connectivity index (χ4n) is 2.72. The van der Waals surface area contributed by atoms with Crippen LogP contribution in [0.3, 0.4) is 0 Å². The minimum Gasteiger partial charge on any atom is -0.480 e. The van der Waals surface area contributed by atoms with Gasteiger partial charge in [-0.1, -0.05) is 0 Å². The van der Waals surface area contributed by atoms with Crippen molar-refractivity contribution in [2.24, 2.45) is 5.73 Å². The number of rotatable bonds is 9. The first-order chi connectivity index (χ1) is 16.3. The monoisotopic (exact) mass is 500 g/mol. The largest absolute Gasteiger partial charge is 0.480 e. The average Bonchev–Trinajstić information content (AvgIpc) is 2.78. The Morgan fingerprint density at radius 1 is 0.886 bits per heavy atom. The average molecular weight is 500 g/mol. The molecule has 0 aromatic carbocycles. The van der Waals surface area contributed by atoms with Crippen molar-refractivity contribution < 1.29 is 33.1 Å². The molecule has 2 heterocycles. The van der Waals surface area contributed by atoms with Crippen molar-refractivity contribution in [2.45, 2.75) is 37.8 Å². The predicted molar refractivity (Wildman–Crippen MR) is 110 cm³/mol. The Labute approximate surface area is 191 Å². The highest BCUT2D eigenvalue weighted by molar-refractivity contribution is 5.88. The van der Waals surface area contributed by atoms with Crippen LogP contribution in [0.1, 0.15) is 35.3 Å². The molecular formula is C18H18F2N6O9. The number of H-pyrrole nitrogens is 2. The molecule has 2 unspecified atom stereocenters. The van der Waals surface area contributed by atoms with Crippen molar-refractivity contribution >= 4 is 23.7 Å². The van der Waals surface area contributed by atoms with Gasteiger partial charge in [-0.2, -0.15) is 8.78 Å². The highest BCUT2D eigenvalue weighted by Gasteiger charge is 2.25. The minimum absolute atomic E-state index is 0.233. The maximum absolute atomic E-state index is 13.3. The Bertz CT molecular complexity index is 1410. The molecule has 35 heavy (non-hydrogen) atoms. The normalized spacial score (nSPS) is 12.5. The van der Waals surface area contributed by atoms with Gasteiger partial charge in [-0.25, -0.2) is 23.5 Å². The van der Waals surface area contributed by atoms with Crippen LogP contribution in [0.25, 0.3) is 0 Å². The number of hydrogen-bond donors (Lipinski definition) is 5. The Kier molecular flexibility index (Phi) is 8.44. The van der Waals surface area contributed by atoms with E-state index in [2.05, 4.69) is 0 Å². The molecule has 0 aliphatic heterocycles.